The Hall–Kier alpha value is -0.850. The third kappa shape index (κ3) is 3.33. The maximum atomic E-state index is 11.3. The summed E-state index contributed by atoms with van der Waals surface area (Å²) >= 11 is 0. The number of nitrogens with zero attached hydrogens (tertiary/aromatic N) is 2. The van der Waals surface area contributed by atoms with Gasteiger partial charge in [-0.3, -0.25) is 15.1 Å². The maximum absolute atomic E-state index is 11.3. The van der Waals surface area contributed by atoms with Gasteiger partial charge in [0.05, 0.1) is 33.8 Å². The number of nitrogens with two attached hydrogens (primary N) is 1. The highest BCUT2D eigenvalue weighted by atomic mass is 32.2. The highest BCUT2D eigenvalue weighted by molar-refractivity contribution is 7.83. The van der Waals surface area contributed by atoms with Crippen LogP contribution in [0.15, 0.2) is 12.4 Å². The monoisotopic (exact) mass is 243 g/mol. The van der Waals surface area contributed by atoms with Crippen molar-refractivity contribution >= 4 is 11.0 Å². The summed E-state index contributed by atoms with van der Waals surface area (Å²) in [6.07, 6.45) is 2.93. The van der Waals surface area contributed by atoms with Crippen LogP contribution in [0.1, 0.15) is 31.3 Å². The van der Waals surface area contributed by atoms with Crippen LogP contribution >= 0.6 is 0 Å². The number of ether oxygens (including phenoxy) is 1. The minimum Gasteiger partial charge on any atom is -0.371 e. The topological polar surface area (TPSA) is 78.1 Å². The summed E-state index contributed by atoms with van der Waals surface area (Å²) in [5, 5.41) is 5.07. The zero-order valence-corrected chi connectivity index (χ0v) is 10.5. The van der Waals surface area contributed by atoms with Crippen LogP contribution in [0.5, 0.6) is 0 Å². The largest absolute Gasteiger partial charge is 0.371 e. The third-order valence-corrected chi connectivity index (χ3v) is 3.21. The lowest BCUT2D eigenvalue weighted by Crippen LogP contribution is -2.28. The van der Waals surface area contributed by atoms with Gasteiger partial charge in [-0.05, 0) is 20.8 Å². The molecule has 0 aliphatic carbocycles. The molecule has 0 radical (unpaired) electrons. The van der Waals surface area contributed by atoms with Crippen LogP contribution < -0.4 is 5.14 Å². The number of hydrogen-bond acceptors (Lipinski definition) is 4. The Kier molecular flexibility index (Phi) is 4.98. The summed E-state index contributed by atoms with van der Waals surface area (Å²) in [6.45, 7) is 6.03. The van der Waals surface area contributed by atoms with Gasteiger partial charge in [0, 0.05) is 12.8 Å². The maximum Gasteiger partial charge on any atom is 0.116 e. The summed E-state index contributed by atoms with van der Waals surface area (Å²) < 4.78 is 16.8. The normalized spacial score (nSPS) is 16.8. The molecular formula is C10H17N3O2S. The van der Waals surface area contributed by atoms with E-state index in [1.807, 2.05) is 13.8 Å². The zero-order valence-electron chi connectivity index (χ0n) is 9.71. The van der Waals surface area contributed by atoms with Crippen molar-refractivity contribution in [3.05, 3.63) is 23.8 Å². The first-order chi connectivity index (χ1) is 7.56. The Bertz CT molecular complexity index is 356. The van der Waals surface area contributed by atoms with Crippen LogP contribution in [-0.4, -0.2) is 26.0 Å². The number of rotatable bonds is 5. The van der Waals surface area contributed by atoms with E-state index in [9.17, 15) is 4.21 Å². The van der Waals surface area contributed by atoms with Crippen molar-refractivity contribution in [2.75, 3.05) is 6.61 Å². The van der Waals surface area contributed by atoms with E-state index >= 15 is 0 Å². The molecule has 0 saturated heterocycles. The van der Waals surface area contributed by atoms with Crippen molar-refractivity contribution in [3.8, 4) is 0 Å². The number of hydrogen-bond donors (Lipinski definition) is 1. The van der Waals surface area contributed by atoms with Crippen LogP contribution in [0.3, 0.4) is 0 Å². The van der Waals surface area contributed by atoms with Crippen molar-refractivity contribution in [2.45, 2.75) is 32.1 Å². The van der Waals surface area contributed by atoms with E-state index in [0.29, 0.717) is 12.3 Å². The van der Waals surface area contributed by atoms with Crippen LogP contribution in [-0.2, 0) is 15.7 Å². The lowest BCUT2D eigenvalue weighted by molar-refractivity contribution is 0.0596. The number of aromatic nitrogens is 2. The predicted molar refractivity (Wildman–Crippen MR) is 62.9 cm³/mol. The van der Waals surface area contributed by atoms with Gasteiger partial charge in [-0.1, -0.05) is 0 Å². The lowest BCUT2D eigenvalue weighted by Gasteiger charge is -2.20. The molecule has 1 aromatic rings. The molecule has 6 heteroatoms. The van der Waals surface area contributed by atoms with Crippen molar-refractivity contribution in [1.29, 1.82) is 0 Å². The van der Waals surface area contributed by atoms with Gasteiger partial charge >= 0.3 is 0 Å². The molecule has 0 amide bonds. The van der Waals surface area contributed by atoms with Gasteiger partial charge in [0.15, 0.2) is 0 Å². The smallest absolute Gasteiger partial charge is 0.116 e. The summed E-state index contributed by atoms with van der Waals surface area (Å²) in [7, 11) is -1.44. The molecule has 1 heterocycles. The molecule has 1 aromatic heterocycles. The Morgan fingerprint density at radius 1 is 1.50 bits per heavy atom. The first-order valence-corrected chi connectivity index (χ1v) is 6.39. The molecule has 1 rings (SSSR count). The highest BCUT2D eigenvalue weighted by Gasteiger charge is 2.24. The summed E-state index contributed by atoms with van der Waals surface area (Å²) in [6, 6.07) is 0. The molecule has 0 saturated carbocycles. The quantitative estimate of drug-likeness (QED) is 0.832. The van der Waals surface area contributed by atoms with Crippen LogP contribution in [0.25, 0.3) is 0 Å². The fourth-order valence-electron chi connectivity index (χ4n) is 1.31. The summed E-state index contributed by atoms with van der Waals surface area (Å²) in [4.78, 5) is 8.36. The predicted octanol–water partition coefficient (Wildman–Crippen LogP) is 0.874. The minimum atomic E-state index is -1.44. The van der Waals surface area contributed by atoms with Gasteiger partial charge < -0.3 is 4.74 Å². The molecule has 16 heavy (non-hydrogen) atoms. The Morgan fingerprint density at radius 2 is 2.19 bits per heavy atom. The Labute approximate surface area is 98.0 Å². The third-order valence-electron chi connectivity index (χ3n) is 2.23. The van der Waals surface area contributed by atoms with E-state index in [4.69, 9.17) is 9.88 Å². The van der Waals surface area contributed by atoms with Gasteiger partial charge in [0.2, 0.25) is 0 Å². The molecule has 90 valence electrons. The van der Waals surface area contributed by atoms with Crippen molar-refractivity contribution < 1.29 is 8.95 Å². The van der Waals surface area contributed by atoms with E-state index in [-0.39, 0.29) is 11.4 Å². The van der Waals surface area contributed by atoms with Crippen molar-refractivity contribution in [1.82, 2.24) is 9.97 Å². The Morgan fingerprint density at radius 3 is 2.62 bits per heavy atom. The van der Waals surface area contributed by atoms with E-state index in [1.54, 1.807) is 19.3 Å². The fourth-order valence-corrected chi connectivity index (χ4v) is 1.77. The van der Waals surface area contributed by atoms with E-state index < -0.39 is 11.0 Å². The molecular weight excluding hydrogens is 226 g/mol. The molecule has 0 bridgehead atoms. The molecule has 0 fully saturated rings. The number of aryl methyl sites for hydroxylation is 1. The van der Waals surface area contributed by atoms with Crippen molar-refractivity contribution in [2.24, 2.45) is 5.14 Å². The SMILES string of the molecule is CCOC(c1cnc(C)cn1)C(C)S(N)=O. The van der Waals surface area contributed by atoms with Gasteiger partial charge in [0.25, 0.3) is 0 Å². The zero-order chi connectivity index (χ0) is 12.1. The first-order valence-electron chi connectivity index (χ1n) is 5.11. The lowest BCUT2D eigenvalue weighted by atomic mass is 10.2. The van der Waals surface area contributed by atoms with E-state index in [1.165, 1.54) is 0 Å². The molecule has 3 atom stereocenters. The molecule has 0 aromatic carbocycles. The van der Waals surface area contributed by atoms with Gasteiger partial charge in [-0.25, -0.2) is 4.21 Å². The molecule has 3 unspecified atom stereocenters. The minimum absolute atomic E-state index is 0.308. The molecule has 0 aliphatic rings. The summed E-state index contributed by atoms with van der Waals surface area (Å²) in [5.41, 5.74) is 1.50. The average molecular weight is 243 g/mol. The first kappa shape index (κ1) is 13.2. The van der Waals surface area contributed by atoms with E-state index in [2.05, 4.69) is 9.97 Å². The molecule has 5 nitrogen and oxygen atoms in total. The van der Waals surface area contributed by atoms with Crippen LogP contribution in [0, 0.1) is 6.92 Å². The van der Waals surface area contributed by atoms with E-state index in [0.717, 1.165) is 5.69 Å². The van der Waals surface area contributed by atoms with Gasteiger partial charge in [-0.2, -0.15) is 0 Å². The average Bonchev–Trinajstić information content (AvgIpc) is 2.26. The molecule has 0 spiro atoms. The van der Waals surface area contributed by atoms with Crippen LogP contribution in [0.4, 0.5) is 0 Å². The standard InChI is InChI=1S/C10H17N3O2S/c1-4-15-10(8(3)16(11)14)9-6-12-7(2)5-13-9/h5-6,8,10H,4,11H2,1-3H3. The summed E-state index contributed by atoms with van der Waals surface area (Å²) in [5.74, 6) is 0. The Balaban J connectivity index is 2.92. The fraction of sp³-hybridized carbons (Fsp3) is 0.600. The van der Waals surface area contributed by atoms with Gasteiger partial charge in [-0.15, -0.1) is 0 Å². The molecule has 2 N–H and O–H groups in total. The second kappa shape index (κ2) is 6.03. The van der Waals surface area contributed by atoms with Crippen molar-refractivity contribution in [3.63, 3.8) is 0 Å². The molecule has 0 aliphatic heterocycles. The second-order valence-electron chi connectivity index (χ2n) is 3.49. The second-order valence-corrected chi connectivity index (χ2v) is 4.89. The highest BCUT2D eigenvalue weighted by Crippen LogP contribution is 2.21. The van der Waals surface area contributed by atoms with Crippen LogP contribution in [0.2, 0.25) is 0 Å². The van der Waals surface area contributed by atoms with Gasteiger partial charge in [0.1, 0.15) is 6.10 Å².